The maximum Gasteiger partial charge on any atom is 0.0306 e. The van der Waals surface area contributed by atoms with Crippen LogP contribution in [0.4, 0.5) is 0 Å². The summed E-state index contributed by atoms with van der Waals surface area (Å²) in [5.74, 6) is 0. The van der Waals surface area contributed by atoms with Gasteiger partial charge in [0.05, 0.1) is 0 Å². The molecule has 0 fully saturated rings. The molecule has 0 aromatic heterocycles. The van der Waals surface area contributed by atoms with Crippen LogP contribution < -0.4 is 5.32 Å². The topological polar surface area (TPSA) is 14.1 Å². The van der Waals surface area contributed by atoms with Crippen LogP contribution in [0.2, 0.25) is 0 Å². The normalized spacial score (nSPS) is 13.1. The number of nitrogens with zero attached hydrogens (tertiary/aromatic N) is 1. The van der Waals surface area contributed by atoms with Gasteiger partial charge in [-0.25, -0.2) is 5.32 Å². The lowest BCUT2D eigenvalue weighted by Gasteiger charge is -2.35. The highest BCUT2D eigenvalue weighted by Gasteiger charge is 2.28. The third kappa shape index (κ3) is 9.64. The highest BCUT2D eigenvalue weighted by Crippen LogP contribution is 2.24. The summed E-state index contributed by atoms with van der Waals surface area (Å²) in [5, 5.41) is 5.08. The Morgan fingerprint density at radius 1 is 0.647 bits per heavy atom. The molecule has 0 spiro atoms. The summed E-state index contributed by atoms with van der Waals surface area (Å²) in [5.41, 5.74) is 0.315. The van der Waals surface area contributed by atoms with Crippen LogP contribution in [0.25, 0.3) is 0 Å². The third-order valence-electron chi connectivity index (χ3n) is 3.39. The molecule has 1 nitrogen and oxygen atoms in total. The molecule has 1 heteroatoms. The van der Waals surface area contributed by atoms with Crippen molar-refractivity contribution in [2.75, 3.05) is 0 Å². The smallest absolute Gasteiger partial charge is 0.0306 e. The van der Waals surface area contributed by atoms with Crippen LogP contribution in [-0.2, 0) is 0 Å². The van der Waals surface area contributed by atoms with E-state index in [9.17, 15) is 0 Å². The van der Waals surface area contributed by atoms with Crippen molar-refractivity contribution in [2.24, 2.45) is 0 Å². The van der Waals surface area contributed by atoms with Gasteiger partial charge in [0.25, 0.3) is 0 Å². The molecule has 0 bridgehead atoms. The Kier molecular flexibility index (Phi) is 8.11. The summed E-state index contributed by atoms with van der Waals surface area (Å²) in [4.78, 5) is 0. The van der Waals surface area contributed by atoms with Crippen molar-refractivity contribution in [1.82, 2.24) is 5.32 Å². The summed E-state index contributed by atoms with van der Waals surface area (Å²) in [7, 11) is 0. The van der Waals surface area contributed by atoms with E-state index in [0.717, 1.165) is 0 Å². The maximum atomic E-state index is 5.08. The molecule has 0 N–H and O–H groups in total. The Morgan fingerprint density at radius 2 is 1.00 bits per heavy atom. The number of rotatable bonds is 10. The molecular formula is C16H34N. The molecule has 0 heterocycles. The van der Waals surface area contributed by atoms with Crippen LogP contribution in [0.3, 0.4) is 0 Å². The van der Waals surface area contributed by atoms with Crippen molar-refractivity contribution < 1.29 is 0 Å². The quantitative estimate of drug-likeness (QED) is 0.460. The fourth-order valence-corrected chi connectivity index (χ4v) is 2.55. The van der Waals surface area contributed by atoms with Crippen molar-refractivity contribution in [3.8, 4) is 0 Å². The van der Waals surface area contributed by atoms with Gasteiger partial charge in [-0.1, -0.05) is 52.4 Å². The lowest BCUT2D eigenvalue weighted by Crippen LogP contribution is -2.45. The Bertz CT molecular complexity index is 162. The molecule has 17 heavy (non-hydrogen) atoms. The SMILES string of the molecule is CCCCCC(C)(C)[N]C(C)(C)CCCCC. The lowest BCUT2D eigenvalue weighted by molar-refractivity contribution is 0.222. The van der Waals surface area contributed by atoms with Gasteiger partial charge in [0.2, 0.25) is 0 Å². The summed E-state index contributed by atoms with van der Waals surface area (Å²) in [6.45, 7) is 13.7. The zero-order valence-electron chi connectivity index (χ0n) is 13.1. The molecule has 0 aliphatic rings. The highest BCUT2D eigenvalue weighted by molar-refractivity contribution is 4.87. The van der Waals surface area contributed by atoms with Crippen LogP contribution >= 0.6 is 0 Å². The average Bonchev–Trinajstić information content (AvgIpc) is 2.16. The fraction of sp³-hybridized carbons (Fsp3) is 1.00. The molecule has 0 aromatic rings. The summed E-state index contributed by atoms with van der Waals surface area (Å²) in [6.07, 6.45) is 10.4. The number of hydrogen-bond donors (Lipinski definition) is 0. The van der Waals surface area contributed by atoms with Crippen LogP contribution in [-0.4, -0.2) is 11.1 Å². The van der Waals surface area contributed by atoms with E-state index in [4.69, 9.17) is 5.32 Å². The molecule has 0 aliphatic carbocycles. The van der Waals surface area contributed by atoms with Crippen molar-refractivity contribution in [3.63, 3.8) is 0 Å². The van der Waals surface area contributed by atoms with Crippen molar-refractivity contribution in [2.45, 2.75) is 104 Å². The predicted octanol–water partition coefficient (Wildman–Crippen LogP) is 5.31. The molecule has 103 valence electrons. The fourth-order valence-electron chi connectivity index (χ4n) is 2.55. The van der Waals surface area contributed by atoms with Crippen LogP contribution in [0.15, 0.2) is 0 Å². The minimum absolute atomic E-state index is 0.158. The van der Waals surface area contributed by atoms with Gasteiger partial charge in [-0.3, -0.25) is 0 Å². The van der Waals surface area contributed by atoms with E-state index in [1.165, 1.54) is 51.4 Å². The highest BCUT2D eigenvalue weighted by atomic mass is 15.0. The van der Waals surface area contributed by atoms with Gasteiger partial charge in [0.1, 0.15) is 0 Å². The van der Waals surface area contributed by atoms with Crippen molar-refractivity contribution in [1.29, 1.82) is 0 Å². The standard InChI is InChI=1S/C16H34N/c1-7-9-11-13-15(3,4)17-16(5,6)14-12-10-8-2/h7-14H2,1-6H3. The first kappa shape index (κ1) is 17.0. The van der Waals surface area contributed by atoms with Crippen molar-refractivity contribution >= 4 is 0 Å². The molecule has 0 saturated carbocycles. The lowest BCUT2D eigenvalue weighted by atomic mass is 9.89. The van der Waals surface area contributed by atoms with Gasteiger partial charge in [-0.15, -0.1) is 0 Å². The van der Waals surface area contributed by atoms with E-state index in [0.29, 0.717) is 0 Å². The van der Waals surface area contributed by atoms with Gasteiger partial charge in [-0.05, 0) is 40.5 Å². The Hall–Kier alpha value is -0.0400. The zero-order chi connectivity index (χ0) is 13.4. The molecule has 0 saturated heterocycles. The number of hydrogen-bond acceptors (Lipinski definition) is 0. The van der Waals surface area contributed by atoms with Crippen LogP contribution in [0.5, 0.6) is 0 Å². The van der Waals surface area contributed by atoms with Crippen molar-refractivity contribution in [3.05, 3.63) is 0 Å². The summed E-state index contributed by atoms with van der Waals surface area (Å²) >= 11 is 0. The molecule has 0 unspecified atom stereocenters. The summed E-state index contributed by atoms with van der Waals surface area (Å²) in [6, 6.07) is 0. The first-order valence-electron chi connectivity index (χ1n) is 7.57. The van der Waals surface area contributed by atoms with Crippen LogP contribution in [0, 0.1) is 0 Å². The minimum Gasteiger partial charge on any atom is -0.230 e. The number of unbranched alkanes of at least 4 members (excludes halogenated alkanes) is 4. The molecule has 1 radical (unpaired) electrons. The monoisotopic (exact) mass is 240 g/mol. The van der Waals surface area contributed by atoms with E-state index in [1.807, 2.05) is 0 Å². The minimum atomic E-state index is 0.158. The van der Waals surface area contributed by atoms with Gasteiger partial charge < -0.3 is 0 Å². The van der Waals surface area contributed by atoms with Gasteiger partial charge in [0, 0.05) is 11.1 Å². The Balaban J connectivity index is 3.99. The van der Waals surface area contributed by atoms with Gasteiger partial charge in [-0.2, -0.15) is 0 Å². The molecule has 0 rings (SSSR count). The first-order chi connectivity index (χ1) is 7.83. The maximum absolute atomic E-state index is 5.08. The Labute approximate surface area is 110 Å². The average molecular weight is 240 g/mol. The molecule has 0 aliphatic heterocycles. The van der Waals surface area contributed by atoms with E-state index in [1.54, 1.807) is 0 Å². The predicted molar refractivity (Wildman–Crippen MR) is 78.6 cm³/mol. The van der Waals surface area contributed by atoms with E-state index in [-0.39, 0.29) is 11.1 Å². The zero-order valence-corrected chi connectivity index (χ0v) is 13.1. The third-order valence-corrected chi connectivity index (χ3v) is 3.39. The Morgan fingerprint density at radius 3 is 1.29 bits per heavy atom. The van der Waals surface area contributed by atoms with E-state index >= 15 is 0 Å². The molecule has 0 amide bonds. The molecule has 0 aromatic carbocycles. The largest absolute Gasteiger partial charge is 0.230 e. The molecule has 0 atom stereocenters. The molecular weight excluding hydrogens is 206 g/mol. The summed E-state index contributed by atoms with van der Waals surface area (Å²) < 4.78 is 0. The van der Waals surface area contributed by atoms with Crippen LogP contribution in [0.1, 0.15) is 92.9 Å². The van der Waals surface area contributed by atoms with E-state index < -0.39 is 0 Å². The van der Waals surface area contributed by atoms with Gasteiger partial charge in [0.15, 0.2) is 0 Å². The second-order valence-electron chi connectivity index (χ2n) is 6.65. The second kappa shape index (κ2) is 8.13. The second-order valence-corrected chi connectivity index (χ2v) is 6.65. The first-order valence-corrected chi connectivity index (χ1v) is 7.57. The van der Waals surface area contributed by atoms with Gasteiger partial charge >= 0.3 is 0 Å². The van der Waals surface area contributed by atoms with E-state index in [2.05, 4.69) is 41.5 Å².